The number of benzene rings is 1. The average molecular weight is 478 g/mol. The van der Waals surface area contributed by atoms with Crippen LogP contribution in [0.4, 0.5) is 5.00 Å². The van der Waals surface area contributed by atoms with E-state index in [0.717, 1.165) is 41.7 Å². The van der Waals surface area contributed by atoms with Crippen molar-refractivity contribution in [2.45, 2.75) is 38.6 Å². The summed E-state index contributed by atoms with van der Waals surface area (Å²) in [4.78, 5) is 45.2. The van der Waals surface area contributed by atoms with Crippen molar-refractivity contribution in [3.05, 3.63) is 82.0 Å². The maximum atomic E-state index is 13.1. The van der Waals surface area contributed by atoms with Crippen LogP contribution in [0.3, 0.4) is 0 Å². The predicted molar refractivity (Wildman–Crippen MR) is 131 cm³/mol. The summed E-state index contributed by atoms with van der Waals surface area (Å²) in [6.45, 7) is 1.56. The maximum absolute atomic E-state index is 13.1. The minimum absolute atomic E-state index is 0.157. The lowest BCUT2D eigenvalue weighted by molar-refractivity contribution is -0.135. The Kier molecular flexibility index (Phi) is 7.37. The molecule has 176 valence electrons. The van der Waals surface area contributed by atoms with Crippen LogP contribution in [-0.2, 0) is 22.4 Å². The highest BCUT2D eigenvalue weighted by molar-refractivity contribution is 7.17. The van der Waals surface area contributed by atoms with Crippen LogP contribution in [0, 0.1) is 0 Å². The third kappa shape index (κ3) is 5.17. The lowest BCUT2D eigenvalue weighted by Crippen LogP contribution is -2.33. The molecular formula is C26H27N3O4S. The van der Waals surface area contributed by atoms with Gasteiger partial charge in [0.1, 0.15) is 5.00 Å². The van der Waals surface area contributed by atoms with E-state index < -0.39 is 5.97 Å². The molecular weight excluding hydrogens is 450 g/mol. The van der Waals surface area contributed by atoms with Gasteiger partial charge in [0.25, 0.3) is 11.8 Å². The molecule has 1 unspecified atom stereocenters. The molecule has 0 saturated heterocycles. The van der Waals surface area contributed by atoms with E-state index in [2.05, 4.69) is 10.3 Å². The zero-order chi connectivity index (χ0) is 24.1. The number of nitrogens with zero attached hydrogens (tertiary/aromatic N) is 2. The van der Waals surface area contributed by atoms with Gasteiger partial charge in [-0.25, -0.2) is 4.79 Å². The van der Waals surface area contributed by atoms with Crippen LogP contribution in [0.15, 0.2) is 54.9 Å². The molecule has 1 aliphatic carbocycles. The summed E-state index contributed by atoms with van der Waals surface area (Å²) in [6.07, 6.45) is 6.69. The van der Waals surface area contributed by atoms with Gasteiger partial charge in [0.05, 0.1) is 17.2 Å². The Morgan fingerprint density at radius 3 is 2.62 bits per heavy atom. The van der Waals surface area contributed by atoms with Gasteiger partial charge in [0.15, 0.2) is 6.61 Å². The molecule has 1 atom stereocenters. The quantitative estimate of drug-likeness (QED) is 0.501. The van der Waals surface area contributed by atoms with E-state index in [-0.39, 0.29) is 24.5 Å². The van der Waals surface area contributed by atoms with E-state index in [0.29, 0.717) is 16.1 Å². The number of aromatic nitrogens is 1. The van der Waals surface area contributed by atoms with Crippen LogP contribution >= 0.6 is 11.3 Å². The zero-order valence-corrected chi connectivity index (χ0v) is 20.1. The van der Waals surface area contributed by atoms with E-state index in [1.54, 1.807) is 30.3 Å². The number of carbonyl (C=O) groups is 3. The van der Waals surface area contributed by atoms with Gasteiger partial charge in [0.2, 0.25) is 0 Å². The Bertz CT molecular complexity index is 1180. The van der Waals surface area contributed by atoms with Gasteiger partial charge < -0.3 is 15.0 Å². The molecule has 1 N–H and O–H groups in total. The fourth-order valence-corrected chi connectivity index (χ4v) is 5.29. The second-order valence-corrected chi connectivity index (χ2v) is 9.38. The maximum Gasteiger partial charge on any atom is 0.341 e. The standard InChI is InChI=1S/C26H27N3O4S/c1-17(18-9-4-3-5-10-18)29(2)22(30)16-33-26(32)23-20-12-6-7-13-21(20)34-25(23)28-24(31)19-11-8-14-27-15-19/h3-5,8-11,14-15,17H,6-7,12-13,16H2,1-2H3,(H,28,31). The number of anilines is 1. The number of esters is 1. The number of aryl methyl sites for hydroxylation is 1. The Hall–Kier alpha value is -3.52. The normalized spacial score (nSPS) is 13.5. The molecule has 0 bridgehead atoms. The first-order valence-electron chi connectivity index (χ1n) is 11.3. The van der Waals surface area contributed by atoms with Crippen molar-refractivity contribution in [1.82, 2.24) is 9.88 Å². The van der Waals surface area contributed by atoms with Gasteiger partial charge >= 0.3 is 5.97 Å². The number of ether oxygens (including phenoxy) is 1. The molecule has 3 aromatic rings. The number of rotatable bonds is 7. The van der Waals surface area contributed by atoms with Crippen LogP contribution in [0.2, 0.25) is 0 Å². The molecule has 7 nitrogen and oxygen atoms in total. The molecule has 34 heavy (non-hydrogen) atoms. The smallest absolute Gasteiger partial charge is 0.341 e. The monoisotopic (exact) mass is 477 g/mol. The highest BCUT2D eigenvalue weighted by Gasteiger charge is 2.28. The summed E-state index contributed by atoms with van der Waals surface area (Å²) < 4.78 is 5.46. The van der Waals surface area contributed by atoms with Gasteiger partial charge in [-0.2, -0.15) is 0 Å². The van der Waals surface area contributed by atoms with E-state index in [1.165, 1.54) is 17.5 Å². The van der Waals surface area contributed by atoms with Crippen molar-refractivity contribution in [2.24, 2.45) is 0 Å². The Labute approximate surface area is 202 Å². The van der Waals surface area contributed by atoms with Gasteiger partial charge in [-0.05, 0) is 55.9 Å². The number of likely N-dealkylation sites (N-methyl/N-ethyl adjacent to an activating group) is 1. The SMILES string of the molecule is CC(c1ccccc1)N(C)C(=O)COC(=O)c1c(NC(=O)c2cccnc2)sc2c1CCCC2. The van der Waals surface area contributed by atoms with Crippen molar-refractivity contribution < 1.29 is 19.1 Å². The second kappa shape index (κ2) is 10.6. The Balaban J connectivity index is 1.48. The van der Waals surface area contributed by atoms with Crippen LogP contribution in [0.1, 0.15) is 62.5 Å². The van der Waals surface area contributed by atoms with Gasteiger partial charge in [-0.1, -0.05) is 30.3 Å². The number of amides is 2. The molecule has 2 aromatic heterocycles. The fraction of sp³-hybridized carbons (Fsp3) is 0.308. The lowest BCUT2D eigenvalue weighted by atomic mass is 9.95. The van der Waals surface area contributed by atoms with Crippen molar-refractivity contribution >= 4 is 34.1 Å². The van der Waals surface area contributed by atoms with Crippen LogP contribution in [0.5, 0.6) is 0 Å². The summed E-state index contributed by atoms with van der Waals surface area (Å²) in [5.41, 5.74) is 2.68. The number of hydrogen-bond donors (Lipinski definition) is 1. The highest BCUT2D eigenvalue weighted by atomic mass is 32.1. The van der Waals surface area contributed by atoms with Gasteiger partial charge in [-0.3, -0.25) is 14.6 Å². The number of nitrogens with one attached hydrogen (secondary N) is 1. The first kappa shape index (κ1) is 23.6. The summed E-state index contributed by atoms with van der Waals surface area (Å²) in [7, 11) is 1.69. The Morgan fingerprint density at radius 1 is 1.12 bits per heavy atom. The summed E-state index contributed by atoms with van der Waals surface area (Å²) in [5, 5.41) is 3.32. The fourth-order valence-electron chi connectivity index (χ4n) is 4.01. The third-order valence-corrected chi connectivity index (χ3v) is 7.32. The number of hydrogen-bond acceptors (Lipinski definition) is 6. The minimum atomic E-state index is -0.588. The van der Waals surface area contributed by atoms with E-state index in [1.807, 2.05) is 37.3 Å². The summed E-state index contributed by atoms with van der Waals surface area (Å²) >= 11 is 1.41. The molecule has 8 heteroatoms. The highest BCUT2D eigenvalue weighted by Crippen LogP contribution is 2.38. The third-order valence-electron chi connectivity index (χ3n) is 6.11. The van der Waals surface area contributed by atoms with E-state index in [9.17, 15) is 14.4 Å². The average Bonchev–Trinajstić information content (AvgIpc) is 3.25. The van der Waals surface area contributed by atoms with E-state index >= 15 is 0 Å². The molecule has 1 aromatic carbocycles. The second-order valence-electron chi connectivity index (χ2n) is 8.28. The molecule has 2 amide bonds. The molecule has 4 rings (SSSR count). The van der Waals surface area contributed by atoms with Crippen molar-refractivity contribution in [3.8, 4) is 0 Å². The van der Waals surface area contributed by atoms with Crippen LogP contribution in [-0.4, -0.2) is 41.3 Å². The molecule has 1 aliphatic rings. The zero-order valence-electron chi connectivity index (χ0n) is 19.2. The number of carbonyl (C=O) groups excluding carboxylic acids is 3. The number of thiophene rings is 1. The van der Waals surface area contributed by atoms with Crippen LogP contribution < -0.4 is 5.32 Å². The molecule has 0 saturated carbocycles. The minimum Gasteiger partial charge on any atom is -0.452 e. The molecule has 0 radical (unpaired) electrons. The first-order valence-corrected chi connectivity index (χ1v) is 12.1. The topological polar surface area (TPSA) is 88.6 Å². The number of fused-ring (bicyclic) bond motifs is 1. The predicted octanol–water partition coefficient (Wildman–Crippen LogP) is 4.65. The molecule has 0 fully saturated rings. The van der Waals surface area contributed by atoms with Crippen LogP contribution in [0.25, 0.3) is 0 Å². The summed E-state index contributed by atoms with van der Waals surface area (Å²) in [6, 6.07) is 12.9. The van der Waals surface area contributed by atoms with Crippen molar-refractivity contribution in [3.63, 3.8) is 0 Å². The first-order chi connectivity index (χ1) is 16.5. The van der Waals surface area contributed by atoms with Gasteiger partial charge in [0, 0.05) is 24.3 Å². The molecule has 0 aliphatic heterocycles. The van der Waals surface area contributed by atoms with Gasteiger partial charge in [-0.15, -0.1) is 11.3 Å². The number of pyridine rings is 1. The molecule has 0 spiro atoms. The van der Waals surface area contributed by atoms with Crippen molar-refractivity contribution in [1.29, 1.82) is 0 Å². The van der Waals surface area contributed by atoms with Crippen molar-refractivity contribution in [2.75, 3.05) is 19.0 Å². The molecule has 2 heterocycles. The summed E-state index contributed by atoms with van der Waals surface area (Å²) in [5.74, 6) is -1.22. The largest absolute Gasteiger partial charge is 0.452 e. The van der Waals surface area contributed by atoms with E-state index in [4.69, 9.17) is 4.74 Å². The lowest BCUT2D eigenvalue weighted by Gasteiger charge is -2.25. The Morgan fingerprint density at radius 2 is 1.88 bits per heavy atom.